The van der Waals surface area contributed by atoms with Crippen LogP contribution in [-0.4, -0.2) is 22.8 Å². The van der Waals surface area contributed by atoms with E-state index in [1.54, 1.807) is 10.7 Å². The number of para-hydroxylation sites is 1. The first-order chi connectivity index (χ1) is 15.0. The molecule has 0 atom stereocenters. The van der Waals surface area contributed by atoms with Crippen molar-refractivity contribution in [1.29, 1.82) is 0 Å². The van der Waals surface area contributed by atoms with E-state index < -0.39 is 11.7 Å². The van der Waals surface area contributed by atoms with Crippen molar-refractivity contribution in [3.05, 3.63) is 72.2 Å². The first-order valence-electron chi connectivity index (χ1n) is 10.3. The van der Waals surface area contributed by atoms with Gasteiger partial charge in [-0.1, -0.05) is 24.3 Å². The van der Waals surface area contributed by atoms with Crippen molar-refractivity contribution in [1.82, 2.24) is 15.0 Å². The summed E-state index contributed by atoms with van der Waals surface area (Å²) in [7, 11) is 0. The molecule has 4 aromatic rings. The fraction of sp³-hybridized carbons (Fsp3) is 0.304. The fourth-order valence-corrected chi connectivity index (χ4v) is 4.30. The molecule has 1 saturated heterocycles. The smallest absolute Gasteiger partial charge is 0.383 e. The van der Waals surface area contributed by atoms with E-state index in [9.17, 15) is 13.2 Å². The minimum Gasteiger partial charge on any atom is -0.383 e. The summed E-state index contributed by atoms with van der Waals surface area (Å²) < 4.78 is 48.3. The van der Waals surface area contributed by atoms with Crippen LogP contribution in [0.25, 0.3) is 22.4 Å². The molecule has 2 aromatic carbocycles. The first kappa shape index (κ1) is 19.8. The molecule has 2 aromatic heterocycles. The largest absolute Gasteiger partial charge is 0.416 e. The molecule has 0 bridgehead atoms. The summed E-state index contributed by atoms with van der Waals surface area (Å²) in [5, 5.41) is 9.02. The molecule has 1 aliphatic rings. The van der Waals surface area contributed by atoms with E-state index in [1.165, 1.54) is 23.4 Å². The second-order valence-corrected chi connectivity index (χ2v) is 7.88. The number of aromatic nitrogens is 3. The Morgan fingerprint density at radius 2 is 1.90 bits per heavy atom. The van der Waals surface area contributed by atoms with Crippen LogP contribution in [0.5, 0.6) is 0 Å². The second kappa shape index (κ2) is 7.85. The first-order valence-corrected chi connectivity index (χ1v) is 10.3. The summed E-state index contributed by atoms with van der Waals surface area (Å²) in [6, 6.07) is 13.3. The number of rotatable bonds is 4. The van der Waals surface area contributed by atoms with Crippen LogP contribution in [0.1, 0.15) is 29.9 Å². The van der Waals surface area contributed by atoms with Crippen LogP contribution in [-0.2, 0) is 12.8 Å². The van der Waals surface area contributed by atoms with Crippen LogP contribution in [0.3, 0.4) is 0 Å². The number of benzene rings is 2. The lowest BCUT2D eigenvalue weighted by Gasteiger charge is -2.22. The van der Waals surface area contributed by atoms with Gasteiger partial charge >= 0.3 is 12.6 Å². The Labute approximate surface area is 177 Å². The zero-order chi connectivity index (χ0) is 21.4. The number of hydrogen-bond donors (Lipinski definition) is 1. The number of piperidine rings is 1. The zero-order valence-electron chi connectivity index (χ0n) is 16.8. The Kier molecular flexibility index (Phi) is 5.02. The Morgan fingerprint density at radius 3 is 2.71 bits per heavy atom. The van der Waals surface area contributed by atoms with Crippen LogP contribution in [0.2, 0.25) is 0 Å². The molecule has 5 nitrogen and oxygen atoms in total. The van der Waals surface area contributed by atoms with Crippen molar-refractivity contribution in [2.45, 2.75) is 31.6 Å². The molecule has 0 saturated carbocycles. The summed E-state index contributed by atoms with van der Waals surface area (Å²) in [6.07, 6.45) is 1.41. The maximum atomic E-state index is 13.0. The highest BCUT2D eigenvalue weighted by atomic mass is 19.4. The molecule has 0 unspecified atom stereocenters. The highest BCUT2D eigenvalue weighted by Gasteiger charge is 2.31. The van der Waals surface area contributed by atoms with Gasteiger partial charge in [0.05, 0.1) is 11.1 Å². The molecule has 1 fully saturated rings. The predicted octanol–water partition coefficient (Wildman–Crippen LogP) is 4.58. The van der Waals surface area contributed by atoms with Crippen molar-refractivity contribution in [2.24, 2.45) is 0 Å². The number of nitrogens with one attached hydrogen (secondary N) is 1. The van der Waals surface area contributed by atoms with Crippen molar-refractivity contribution < 1.29 is 22.3 Å². The predicted molar refractivity (Wildman–Crippen MR) is 109 cm³/mol. The minimum atomic E-state index is -4.41. The van der Waals surface area contributed by atoms with Crippen molar-refractivity contribution in [3.8, 4) is 11.5 Å². The van der Waals surface area contributed by atoms with Gasteiger partial charge in [0.25, 0.3) is 12.6 Å². The van der Waals surface area contributed by atoms with E-state index in [2.05, 4.69) is 33.3 Å². The van der Waals surface area contributed by atoms with Crippen LogP contribution in [0.4, 0.5) is 13.2 Å². The molecule has 5 rings (SSSR count). The average Bonchev–Trinajstić information content (AvgIpc) is 3.40. The summed E-state index contributed by atoms with van der Waals surface area (Å²) in [5.74, 6) is 0.663. The van der Waals surface area contributed by atoms with Crippen LogP contribution < -0.4 is 10.00 Å². The van der Waals surface area contributed by atoms with Gasteiger partial charge in [-0.3, -0.25) is 4.57 Å². The van der Waals surface area contributed by atoms with Gasteiger partial charge < -0.3 is 9.73 Å². The molecular weight excluding hydrogens is 405 g/mol. The van der Waals surface area contributed by atoms with E-state index >= 15 is 0 Å². The van der Waals surface area contributed by atoms with E-state index in [0.29, 0.717) is 18.2 Å². The van der Waals surface area contributed by atoms with Gasteiger partial charge in [-0.2, -0.15) is 13.2 Å². The van der Waals surface area contributed by atoms with E-state index in [4.69, 9.17) is 4.42 Å². The van der Waals surface area contributed by atoms with Gasteiger partial charge in [0.2, 0.25) is 0 Å². The standard InChI is InChI=1S/C23H22F3N4O/c24-23(25,26)18-5-3-4-17(12-18)22-28-30(15-31-22)14-29-13-20(16-8-10-27-11-9-16)19-6-1-2-7-21(19)29/h1-7,12-13,15-16,27H,8-11,14H2/q+1. The number of halogens is 3. The number of nitrogens with zero attached hydrogens (tertiary/aromatic N) is 3. The molecule has 31 heavy (non-hydrogen) atoms. The molecule has 1 N–H and O–H groups in total. The average molecular weight is 427 g/mol. The normalized spacial score (nSPS) is 15.6. The van der Waals surface area contributed by atoms with Gasteiger partial charge in [0.15, 0.2) is 0 Å². The summed E-state index contributed by atoms with van der Waals surface area (Å²) in [4.78, 5) is 0. The molecular formula is C23H22F3N4O+. The maximum absolute atomic E-state index is 13.0. The van der Waals surface area contributed by atoms with Crippen LogP contribution in [0, 0.1) is 0 Å². The lowest BCUT2D eigenvalue weighted by Crippen LogP contribution is -2.38. The monoisotopic (exact) mass is 427 g/mol. The van der Waals surface area contributed by atoms with E-state index in [1.807, 2.05) is 12.1 Å². The molecule has 3 heterocycles. The lowest BCUT2D eigenvalue weighted by molar-refractivity contribution is -0.757. The Morgan fingerprint density at radius 1 is 1.10 bits per heavy atom. The molecule has 0 spiro atoms. The number of alkyl halides is 3. The number of fused-ring (bicyclic) bond motifs is 1. The zero-order valence-corrected chi connectivity index (χ0v) is 16.8. The topological polar surface area (TPSA) is 46.9 Å². The maximum Gasteiger partial charge on any atom is 0.416 e. The molecule has 0 aliphatic carbocycles. The summed E-state index contributed by atoms with van der Waals surface area (Å²) >= 11 is 0. The van der Waals surface area contributed by atoms with E-state index in [-0.39, 0.29) is 5.89 Å². The highest BCUT2D eigenvalue weighted by Crippen LogP contribution is 2.33. The van der Waals surface area contributed by atoms with Crippen molar-refractivity contribution in [2.75, 3.05) is 13.1 Å². The molecule has 160 valence electrons. The SMILES string of the molecule is FC(F)(F)c1cccc(-c2n[n+](Cn3cc(C4CCNCC4)c4ccccc43)co2)c1. The quantitative estimate of drug-likeness (QED) is 0.485. The fourth-order valence-electron chi connectivity index (χ4n) is 4.30. The Balaban J connectivity index is 1.45. The third-order valence-corrected chi connectivity index (χ3v) is 5.84. The molecule has 1 aliphatic heterocycles. The van der Waals surface area contributed by atoms with Gasteiger partial charge in [-0.25, -0.2) is 0 Å². The third-order valence-electron chi connectivity index (χ3n) is 5.84. The van der Waals surface area contributed by atoms with Crippen molar-refractivity contribution in [3.63, 3.8) is 0 Å². The number of hydrogen-bond acceptors (Lipinski definition) is 3. The van der Waals surface area contributed by atoms with Gasteiger partial charge in [-0.15, -0.1) is 0 Å². The van der Waals surface area contributed by atoms with Gasteiger partial charge in [0.1, 0.15) is 0 Å². The third kappa shape index (κ3) is 3.95. The molecule has 8 heteroatoms. The minimum absolute atomic E-state index is 0.154. The highest BCUT2D eigenvalue weighted by molar-refractivity contribution is 5.84. The molecule has 0 radical (unpaired) electrons. The van der Waals surface area contributed by atoms with E-state index in [0.717, 1.165) is 43.6 Å². The van der Waals surface area contributed by atoms with Crippen LogP contribution >= 0.6 is 0 Å². The molecule has 0 amide bonds. The summed E-state index contributed by atoms with van der Waals surface area (Å²) in [6.45, 7) is 2.44. The van der Waals surface area contributed by atoms with Gasteiger partial charge in [0, 0.05) is 22.2 Å². The van der Waals surface area contributed by atoms with Crippen molar-refractivity contribution >= 4 is 10.9 Å². The lowest BCUT2D eigenvalue weighted by atomic mass is 9.90. The summed E-state index contributed by atoms with van der Waals surface area (Å²) in [5.41, 5.74) is 2.01. The van der Waals surface area contributed by atoms with Crippen LogP contribution in [0.15, 0.2) is 65.5 Å². The Bertz CT molecular complexity index is 1200. The Hall–Kier alpha value is -3.13. The van der Waals surface area contributed by atoms with Gasteiger partial charge in [-0.05, 0) is 66.4 Å². The second-order valence-electron chi connectivity index (χ2n) is 7.88.